The molecule has 2 heterocycles. The molecule has 0 radical (unpaired) electrons. The van der Waals surface area contributed by atoms with Gasteiger partial charge in [0.2, 0.25) is 10.4 Å². The minimum atomic E-state index is 0.0372. The van der Waals surface area contributed by atoms with E-state index in [4.69, 9.17) is 0 Å². The number of allylic oxidation sites excluding steroid dienone is 2. The molecule has 0 aliphatic carbocycles. The van der Waals surface area contributed by atoms with Gasteiger partial charge in [-0.2, -0.15) is 0 Å². The number of nitrogens with one attached hydrogen (secondary N) is 2. The highest BCUT2D eigenvalue weighted by Crippen LogP contribution is 2.29. The van der Waals surface area contributed by atoms with Crippen molar-refractivity contribution in [3.8, 4) is 0 Å². The Hall–Kier alpha value is -1.81. The summed E-state index contributed by atoms with van der Waals surface area (Å²) in [5.41, 5.74) is 3.13. The van der Waals surface area contributed by atoms with Gasteiger partial charge in [0.15, 0.2) is 4.99 Å². The molecule has 4 heteroatoms. The smallest absolute Gasteiger partial charge is 0.311 e. The molecule has 0 unspecified atom stereocenters. The van der Waals surface area contributed by atoms with Crippen LogP contribution >= 0.6 is 0 Å². The predicted octanol–water partition coefficient (Wildman–Crippen LogP) is 3.47. The number of aromatic amines is 1. The maximum Gasteiger partial charge on any atom is 0.311 e. The number of carbonyl (C=O) groups is 1. The van der Waals surface area contributed by atoms with Crippen molar-refractivity contribution in [1.82, 2.24) is 4.98 Å². The van der Waals surface area contributed by atoms with Gasteiger partial charge in [-0.3, -0.25) is 4.79 Å². The number of fused-ring (bicyclic) bond motifs is 1. The molecule has 1 aromatic heterocycles. The first kappa shape index (κ1) is 12.2. The first-order chi connectivity index (χ1) is 9.28. The molecule has 1 aliphatic rings. The van der Waals surface area contributed by atoms with E-state index in [-0.39, 0.29) is 5.91 Å². The van der Waals surface area contributed by atoms with Crippen LogP contribution in [0, 0.1) is 14.9 Å². The number of H-pyrrole nitrogens is 1. The van der Waals surface area contributed by atoms with E-state index in [9.17, 15) is 4.79 Å². The fourth-order valence-electron chi connectivity index (χ4n) is 2.03. The topological polar surface area (TPSA) is 44.9 Å². The van der Waals surface area contributed by atoms with Crippen LogP contribution in [0.3, 0.4) is 0 Å². The van der Waals surface area contributed by atoms with E-state index in [0.29, 0.717) is 21.3 Å². The van der Waals surface area contributed by atoms with E-state index in [1.807, 2.05) is 13.1 Å². The summed E-state index contributed by atoms with van der Waals surface area (Å²) in [6, 6.07) is 6.33. The number of aromatic nitrogens is 1. The van der Waals surface area contributed by atoms with Crippen LogP contribution in [0.4, 0.5) is 5.69 Å². The third-order valence-corrected chi connectivity index (χ3v) is 4.83. The van der Waals surface area contributed by atoms with Gasteiger partial charge in [0.25, 0.3) is 0 Å². The number of anilines is 1. The van der Waals surface area contributed by atoms with Gasteiger partial charge >= 0.3 is 14.9 Å². The second kappa shape index (κ2) is 5.05. The van der Waals surface area contributed by atoms with Gasteiger partial charge in [-0.25, -0.2) is 0 Å². The Labute approximate surface area is 117 Å². The summed E-state index contributed by atoms with van der Waals surface area (Å²) < 4.78 is 1.35. The molecule has 3 rings (SSSR count). The summed E-state index contributed by atoms with van der Waals surface area (Å²) in [6.45, 7) is 1.85. The molecule has 96 valence electrons. The van der Waals surface area contributed by atoms with Gasteiger partial charge in [0, 0.05) is 35.2 Å². The van der Waals surface area contributed by atoms with Crippen LogP contribution < -0.4 is 5.32 Å². The molecule has 2 aromatic rings. The van der Waals surface area contributed by atoms with Gasteiger partial charge in [-0.15, -0.1) is 0 Å². The van der Waals surface area contributed by atoms with Crippen LogP contribution in [0.1, 0.15) is 18.9 Å². The Kier molecular flexibility index (Phi) is 3.25. The van der Waals surface area contributed by atoms with Crippen LogP contribution in [0.2, 0.25) is 0 Å². The van der Waals surface area contributed by atoms with Crippen LogP contribution in [0.25, 0.3) is 15.4 Å². The highest BCUT2D eigenvalue weighted by Gasteiger charge is 2.19. The molecular weight excluding hydrogens is 304 g/mol. The standard InChI is InChI=1S/C15H13BrN2O/c1-2-15(19)18-14-9-17-13-6-5-10(8-11(13)14)12-4-3-7-16-12/h3-9,17H,2H2,1H3/p+1. The molecule has 0 saturated carbocycles. The van der Waals surface area contributed by atoms with E-state index >= 15 is 0 Å². The van der Waals surface area contributed by atoms with E-state index in [0.717, 1.165) is 16.6 Å². The lowest BCUT2D eigenvalue weighted by Crippen LogP contribution is -2.08. The Morgan fingerprint density at radius 1 is 1.42 bits per heavy atom. The molecule has 0 saturated heterocycles. The van der Waals surface area contributed by atoms with Crippen molar-refractivity contribution >= 4 is 27.0 Å². The number of hydrogen-bond acceptors (Lipinski definition) is 1. The first-order valence-electron chi connectivity index (χ1n) is 6.19. The van der Waals surface area contributed by atoms with Crippen molar-refractivity contribution in [1.29, 1.82) is 0 Å². The quantitative estimate of drug-likeness (QED) is 0.894. The van der Waals surface area contributed by atoms with Gasteiger partial charge in [0.1, 0.15) is 0 Å². The lowest BCUT2D eigenvalue weighted by atomic mass is 10.1. The Morgan fingerprint density at radius 2 is 2.32 bits per heavy atom. The molecular formula is C15H14BrN2O+. The largest absolute Gasteiger partial charge is 0.359 e. The molecule has 1 amide bonds. The van der Waals surface area contributed by atoms with Gasteiger partial charge in [-0.05, 0) is 24.3 Å². The minimum absolute atomic E-state index is 0.0372. The van der Waals surface area contributed by atoms with E-state index in [1.165, 1.54) is 10.0 Å². The Morgan fingerprint density at radius 3 is 3.05 bits per heavy atom. The van der Waals surface area contributed by atoms with Crippen molar-refractivity contribution in [3.05, 3.63) is 47.1 Å². The summed E-state index contributed by atoms with van der Waals surface area (Å²) in [5.74, 6) is 0.0372. The van der Waals surface area contributed by atoms with Crippen LogP contribution in [0.5, 0.6) is 0 Å². The highest BCUT2D eigenvalue weighted by molar-refractivity contribution is 6.02. The summed E-state index contributed by atoms with van der Waals surface area (Å²) in [4.78, 5) is 16.9. The van der Waals surface area contributed by atoms with Crippen molar-refractivity contribution in [2.24, 2.45) is 0 Å². The average molecular weight is 318 g/mol. The second-order valence-electron chi connectivity index (χ2n) is 4.31. The molecule has 1 aromatic carbocycles. The van der Waals surface area contributed by atoms with Crippen LogP contribution in [-0.4, -0.2) is 10.9 Å². The Bertz CT molecular complexity index is 697. The first-order valence-corrected chi connectivity index (χ1v) is 7.90. The molecule has 3 nitrogen and oxygen atoms in total. The summed E-state index contributed by atoms with van der Waals surface area (Å²) >= 11 is 0.703. The molecule has 1 aliphatic heterocycles. The number of halogens is 1. The van der Waals surface area contributed by atoms with Crippen molar-refractivity contribution in [3.63, 3.8) is 0 Å². The second-order valence-corrected chi connectivity index (χ2v) is 6.15. The molecule has 0 fully saturated rings. The lowest BCUT2D eigenvalue weighted by molar-refractivity contribution is -0.483. The number of amides is 1. The summed E-state index contributed by atoms with van der Waals surface area (Å²) in [6.07, 6.45) is 6.59. The zero-order valence-electron chi connectivity index (χ0n) is 10.5. The van der Waals surface area contributed by atoms with Gasteiger partial charge in [-0.1, -0.05) is 6.92 Å². The average Bonchev–Trinajstić information content (AvgIpc) is 3.08. The normalized spacial score (nSPS) is 13.8. The maximum atomic E-state index is 11.5. The van der Waals surface area contributed by atoms with E-state index in [2.05, 4.69) is 45.6 Å². The third-order valence-electron chi connectivity index (χ3n) is 3.05. The molecule has 0 bridgehead atoms. The fraction of sp³-hybridized carbons (Fsp3) is 0.133. The van der Waals surface area contributed by atoms with Gasteiger partial charge in [0.05, 0.1) is 5.69 Å². The predicted molar refractivity (Wildman–Crippen MR) is 74.3 cm³/mol. The minimum Gasteiger partial charge on any atom is -0.359 e. The summed E-state index contributed by atoms with van der Waals surface area (Å²) in [5, 5.41) is 4.00. The number of benzene rings is 1. The maximum absolute atomic E-state index is 11.5. The number of carbonyl (C=O) groups excluding carboxylic acids is 1. The fourth-order valence-corrected chi connectivity index (χ4v) is 3.44. The van der Waals surface area contributed by atoms with Crippen molar-refractivity contribution < 1.29 is 19.7 Å². The molecule has 19 heavy (non-hydrogen) atoms. The highest BCUT2D eigenvalue weighted by atomic mass is 79.9. The van der Waals surface area contributed by atoms with Gasteiger partial charge < -0.3 is 10.3 Å². The van der Waals surface area contributed by atoms with Crippen LogP contribution in [0.15, 0.2) is 41.5 Å². The zero-order chi connectivity index (χ0) is 13.2. The monoisotopic (exact) mass is 317 g/mol. The lowest BCUT2D eigenvalue weighted by Gasteiger charge is -2.02. The Balaban J connectivity index is 2.00. The van der Waals surface area contributed by atoms with E-state index in [1.54, 1.807) is 0 Å². The van der Waals surface area contributed by atoms with Crippen molar-refractivity contribution in [2.45, 2.75) is 13.3 Å². The van der Waals surface area contributed by atoms with E-state index < -0.39 is 0 Å². The number of rotatable bonds is 3. The summed E-state index contributed by atoms with van der Waals surface area (Å²) in [7, 11) is 0. The molecule has 0 atom stereocenters. The van der Waals surface area contributed by atoms with Crippen molar-refractivity contribution in [2.75, 3.05) is 5.32 Å². The zero-order valence-corrected chi connectivity index (χ0v) is 12.1. The third kappa shape index (κ3) is 2.36. The SMILES string of the molecule is CCC(=O)Nc1c[nH]c2ccc(C3=CC=C[Br+]3)cc12. The van der Waals surface area contributed by atoms with Crippen LogP contribution in [-0.2, 0) is 4.79 Å². The molecule has 0 spiro atoms. The molecule has 2 N–H and O–H groups in total. The number of hydrogen-bond donors (Lipinski definition) is 2.